The van der Waals surface area contributed by atoms with Crippen LogP contribution in [0.4, 0.5) is 5.69 Å². The lowest BCUT2D eigenvalue weighted by Gasteiger charge is -2.08. The summed E-state index contributed by atoms with van der Waals surface area (Å²) in [5.74, 6) is 0.595. The predicted octanol–water partition coefficient (Wildman–Crippen LogP) is 2.36. The van der Waals surface area contributed by atoms with Crippen LogP contribution >= 0.6 is 45.2 Å². The minimum absolute atomic E-state index is 0.181. The number of nitrogens with zero attached hydrogens (tertiary/aromatic N) is 1. The second-order valence-corrected chi connectivity index (χ2v) is 6.68. The summed E-state index contributed by atoms with van der Waals surface area (Å²) in [5, 5.41) is 11.0. The highest BCUT2D eigenvalue weighted by molar-refractivity contribution is 14.1. The molecule has 120 valence electrons. The van der Waals surface area contributed by atoms with Crippen LogP contribution < -0.4 is 16.0 Å². The van der Waals surface area contributed by atoms with Gasteiger partial charge in [0.25, 0.3) is 0 Å². The minimum atomic E-state index is -1.05. The van der Waals surface area contributed by atoms with Crippen LogP contribution in [0.25, 0.3) is 12.2 Å². The first-order chi connectivity index (χ1) is 10.8. The first-order valence-electron chi connectivity index (χ1n) is 6.05. The van der Waals surface area contributed by atoms with E-state index in [2.05, 4.69) is 50.2 Å². The number of nitrogens with one attached hydrogen (secondary N) is 2. The SMILES string of the molecule is COc1c(I)cc(I)cc1/C=C\c1[nH]c(=O)[nH]c(=O)c1[N+](=O)[O-]. The quantitative estimate of drug-likeness (QED) is 0.351. The summed E-state index contributed by atoms with van der Waals surface area (Å²) in [4.78, 5) is 37.1. The Balaban J connectivity index is 2.60. The average Bonchev–Trinajstić information content (AvgIpc) is 2.43. The predicted molar refractivity (Wildman–Crippen MR) is 102 cm³/mol. The second-order valence-electron chi connectivity index (χ2n) is 4.27. The minimum Gasteiger partial charge on any atom is -0.495 e. The van der Waals surface area contributed by atoms with Crippen LogP contribution in [0.1, 0.15) is 11.3 Å². The molecule has 0 radical (unpaired) electrons. The van der Waals surface area contributed by atoms with E-state index in [0.717, 1.165) is 7.14 Å². The third kappa shape index (κ3) is 3.99. The fraction of sp³-hybridized carbons (Fsp3) is 0.0769. The maximum absolute atomic E-state index is 11.6. The van der Waals surface area contributed by atoms with Gasteiger partial charge >= 0.3 is 16.9 Å². The molecule has 0 aliphatic heterocycles. The van der Waals surface area contributed by atoms with Crippen LogP contribution in [0.2, 0.25) is 0 Å². The molecule has 23 heavy (non-hydrogen) atoms. The number of nitro groups is 1. The summed E-state index contributed by atoms with van der Waals surface area (Å²) in [6.45, 7) is 0. The highest BCUT2D eigenvalue weighted by atomic mass is 127. The van der Waals surface area contributed by atoms with E-state index in [1.807, 2.05) is 17.1 Å². The zero-order chi connectivity index (χ0) is 17.1. The van der Waals surface area contributed by atoms with E-state index in [0.29, 0.717) is 11.3 Å². The highest BCUT2D eigenvalue weighted by Crippen LogP contribution is 2.29. The Labute approximate surface area is 156 Å². The smallest absolute Gasteiger partial charge is 0.357 e. The maximum Gasteiger partial charge on any atom is 0.357 e. The molecule has 0 saturated carbocycles. The van der Waals surface area contributed by atoms with Crippen molar-refractivity contribution in [1.82, 2.24) is 9.97 Å². The number of aromatic nitrogens is 2. The summed E-state index contributed by atoms with van der Waals surface area (Å²) < 4.78 is 7.12. The topological polar surface area (TPSA) is 118 Å². The number of benzene rings is 1. The molecule has 0 spiro atoms. The summed E-state index contributed by atoms with van der Waals surface area (Å²) in [6.07, 6.45) is 2.85. The molecule has 1 aromatic carbocycles. The molecule has 0 fully saturated rings. The molecule has 0 amide bonds. The number of ether oxygens (including phenoxy) is 1. The van der Waals surface area contributed by atoms with E-state index in [1.165, 1.54) is 13.2 Å². The van der Waals surface area contributed by atoms with Crippen molar-refractivity contribution in [3.05, 3.63) is 61.5 Å². The van der Waals surface area contributed by atoms with Crippen molar-refractivity contribution >= 4 is 63.0 Å². The van der Waals surface area contributed by atoms with Crippen molar-refractivity contribution in [2.24, 2.45) is 0 Å². The monoisotopic (exact) mass is 541 g/mol. The van der Waals surface area contributed by atoms with Gasteiger partial charge in [-0.2, -0.15) is 0 Å². The molecule has 8 nitrogen and oxygen atoms in total. The Morgan fingerprint density at radius 3 is 2.52 bits per heavy atom. The number of hydrogen-bond acceptors (Lipinski definition) is 5. The van der Waals surface area contributed by atoms with Gasteiger partial charge in [-0.15, -0.1) is 0 Å². The Hall–Kier alpha value is -1.70. The third-order valence-electron chi connectivity index (χ3n) is 2.80. The van der Waals surface area contributed by atoms with E-state index in [-0.39, 0.29) is 5.69 Å². The number of H-pyrrole nitrogens is 2. The van der Waals surface area contributed by atoms with E-state index >= 15 is 0 Å². The molecule has 0 saturated heterocycles. The maximum atomic E-state index is 11.6. The molecule has 0 atom stereocenters. The highest BCUT2D eigenvalue weighted by Gasteiger charge is 2.19. The van der Waals surface area contributed by atoms with Gasteiger partial charge in [0.1, 0.15) is 11.4 Å². The first-order valence-corrected chi connectivity index (χ1v) is 8.21. The van der Waals surface area contributed by atoms with Gasteiger partial charge in [0.15, 0.2) is 0 Å². The molecule has 0 bridgehead atoms. The lowest BCUT2D eigenvalue weighted by Crippen LogP contribution is -2.25. The van der Waals surface area contributed by atoms with Gasteiger partial charge in [-0.25, -0.2) is 4.79 Å². The number of methoxy groups -OCH3 is 1. The van der Waals surface area contributed by atoms with Gasteiger partial charge in [0, 0.05) is 9.13 Å². The lowest BCUT2D eigenvalue weighted by molar-refractivity contribution is -0.386. The van der Waals surface area contributed by atoms with Crippen molar-refractivity contribution in [3.63, 3.8) is 0 Å². The van der Waals surface area contributed by atoms with Crippen LogP contribution in [-0.2, 0) is 0 Å². The van der Waals surface area contributed by atoms with Crippen molar-refractivity contribution < 1.29 is 9.66 Å². The van der Waals surface area contributed by atoms with Gasteiger partial charge in [0.2, 0.25) is 0 Å². The zero-order valence-electron chi connectivity index (χ0n) is 11.6. The fourth-order valence-corrected chi connectivity index (χ4v) is 4.00. The van der Waals surface area contributed by atoms with Crippen LogP contribution in [0.5, 0.6) is 5.75 Å². The molecule has 0 aliphatic carbocycles. The summed E-state index contributed by atoms with van der Waals surface area (Å²) in [7, 11) is 1.51. The number of hydrogen-bond donors (Lipinski definition) is 2. The molecular weight excluding hydrogens is 532 g/mol. The summed E-state index contributed by atoms with van der Waals surface area (Å²) in [6, 6.07) is 3.73. The molecule has 1 aromatic heterocycles. The molecule has 1 heterocycles. The van der Waals surface area contributed by atoms with Gasteiger partial charge in [-0.3, -0.25) is 19.9 Å². The second kappa shape index (κ2) is 7.25. The van der Waals surface area contributed by atoms with Crippen molar-refractivity contribution in [2.75, 3.05) is 7.11 Å². The van der Waals surface area contributed by atoms with Crippen LogP contribution in [-0.4, -0.2) is 22.0 Å². The zero-order valence-corrected chi connectivity index (χ0v) is 15.9. The van der Waals surface area contributed by atoms with Crippen molar-refractivity contribution in [2.45, 2.75) is 0 Å². The van der Waals surface area contributed by atoms with Crippen molar-refractivity contribution in [3.8, 4) is 5.75 Å². The lowest BCUT2D eigenvalue weighted by atomic mass is 10.1. The van der Waals surface area contributed by atoms with Gasteiger partial charge in [-0.05, 0) is 69.5 Å². The van der Waals surface area contributed by atoms with Gasteiger partial charge in [-0.1, -0.05) is 0 Å². The van der Waals surface area contributed by atoms with E-state index in [4.69, 9.17) is 4.74 Å². The van der Waals surface area contributed by atoms with Crippen molar-refractivity contribution in [1.29, 1.82) is 0 Å². The molecule has 10 heteroatoms. The van der Waals surface area contributed by atoms with Crippen LogP contribution in [0.3, 0.4) is 0 Å². The Morgan fingerprint density at radius 2 is 1.91 bits per heavy atom. The largest absolute Gasteiger partial charge is 0.495 e. The Kier molecular flexibility index (Phi) is 5.56. The molecule has 2 N–H and O–H groups in total. The van der Waals surface area contributed by atoms with Crippen LogP contribution in [0.15, 0.2) is 21.7 Å². The Morgan fingerprint density at radius 1 is 1.22 bits per heavy atom. The molecular formula is C13H9I2N3O5. The number of aromatic amines is 2. The standard InChI is InChI=1S/C13H9I2N3O5/c1-23-11-6(4-7(14)5-8(11)15)2-3-9-10(18(21)22)12(19)17-13(20)16-9/h2-5H,1H3,(H2,16,17,19,20)/b3-2-. The fourth-order valence-electron chi connectivity index (χ4n) is 1.89. The Bertz CT molecular complexity index is 917. The first kappa shape index (κ1) is 17.7. The number of halogens is 2. The third-order valence-corrected chi connectivity index (χ3v) is 4.22. The van der Waals surface area contributed by atoms with E-state index in [1.54, 1.807) is 6.08 Å². The number of rotatable bonds is 4. The average molecular weight is 541 g/mol. The summed E-state index contributed by atoms with van der Waals surface area (Å²) >= 11 is 4.24. The molecule has 2 rings (SSSR count). The van der Waals surface area contributed by atoms with Gasteiger partial charge < -0.3 is 9.72 Å². The summed E-state index contributed by atoms with van der Waals surface area (Å²) in [5.41, 5.74) is -2.11. The molecule has 0 aliphatic rings. The molecule has 2 aromatic rings. The van der Waals surface area contributed by atoms with Gasteiger partial charge in [0.05, 0.1) is 15.6 Å². The van der Waals surface area contributed by atoms with Crippen LogP contribution in [0, 0.1) is 17.3 Å². The van der Waals surface area contributed by atoms with E-state index in [9.17, 15) is 19.7 Å². The molecule has 0 unspecified atom stereocenters. The van der Waals surface area contributed by atoms with E-state index < -0.39 is 21.9 Å². The normalized spacial score (nSPS) is 10.9.